The molecule has 0 aliphatic heterocycles. The predicted molar refractivity (Wildman–Crippen MR) is 45.5 cm³/mol. The van der Waals surface area contributed by atoms with E-state index in [1.165, 1.54) is 0 Å². The highest BCUT2D eigenvalue weighted by Gasteiger charge is 2.39. The quantitative estimate of drug-likeness (QED) is 0.472. The molecule has 0 saturated carbocycles. The molecule has 0 N–H and O–H groups in total. The van der Waals surface area contributed by atoms with Crippen LogP contribution >= 0.6 is 0 Å². The molecular weight excluding hydrogens is 268 g/mol. The topological polar surface area (TPSA) is 39.2 Å². The van der Waals surface area contributed by atoms with Crippen molar-refractivity contribution < 1.29 is 35.9 Å². The number of hydrogen-bond donors (Lipinski definition) is 0. The highest BCUT2D eigenvalue weighted by molar-refractivity contribution is 5.91. The van der Waals surface area contributed by atoms with E-state index in [0.717, 1.165) is 7.11 Å². The number of hydrogen-bond acceptors (Lipinski definition) is 3. The molecule has 3 nitrogen and oxygen atoms in total. The molecular formula is C9H5F6NO2. The van der Waals surface area contributed by atoms with E-state index in [0.29, 0.717) is 0 Å². The summed E-state index contributed by atoms with van der Waals surface area (Å²) < 4.78 is 79.1. The predicted octanol–water partition coefficient (Wildman–Crippen LogP) is 2.96. The van der Waals surface area contributed by atoms with E-state index in [4.69, 9.17) is 0 Å². The van der Waals surface area contributed by atoms with Crippen molar-refractivity contribution in [1.29, 1.82) is 0 Å². The van der Waals surface area contributed by atoms with Crippen LogP contribution in [0.4, 0.5) is 26.3 Å². The zero-order valence-corrected chi connectivity index (χ0v) is 8.69. The average molecular weight is 273 g/mol. The third-order valence-electron chi connectivity index (χ3n) is 1.91. The van der Waals surface area contributed by atoms with Gasteiger partial charge in [0.25, 0.3) is 6.43 Å². The van der Waals surface area contributed by atoms with Gasteiger partial charge in [-0.25, -0.2) is 18.6 Å². The second-order valence-electron chi connectivity index (χ2n) is 3.05. The summed E-state index contributed by atoms with van der Waals surface area (Å²) in [4.78, 5) is 13.6. The summed E-state index contributed by atoms with van der Waals surface area (Å²) in [5.41, 5.74) is -4.78. The summed E-state index contributed by atoms with van der Waals surface area (Å²) >= 11 is 0. The van der Waals surface area contributed by atoms with Crippen molar-refractivity contribution in [2.24, 2.45) is 0 Å². The fourth-order valence-electron chi connectivity index (χ4n) is 1.16. The second-order valence-corrected chi connectivity index (χ2v) is 3.05. The molecule has 1 heterocycles. The molecule has 0 aliphatic rings. The van der Waals surface area contributed by atoms with Crippen LogP contribution in [-0.2, 0) is 10.9 Å². The minimum Gasteiger partial charge on any atom is -0.465 e. The van der Waals surface area contributed by atoms with E-state index < -0.39 is 41.3 Å². The van der Waals surface area contributed by atoms with Crippen LogP contribution in [0, 0.1) is 5.95 Å². The van der Waals surface area contributed by atoms with Crippen LogP contribution in [0.25, 0.3) is 0 Å². The Bertz CT molecular complexity index is 471. The second kappa shape index (κ2) is 4.83. The lowest BCUT2D eigenvalue weighted by Gasteiger charge is -2.13. The summed E-state index contributed by atoms with van der Waals surface area (Å²) in [5.74, 6) is -3.60. The molecule has 0 radical (unpaired) electrons. The Labute approximate surface area is 96.4 Å². The Morgan fingerprint density at radius 1 is 1.39 bits per heavy atom. The third-order valence-corrected chi connectivity index (χ3v) is 1.91. The number of rotatable bonds is 2. The molecule has 0 aromatic carbocycles. The lowest BCUT2D eigenvalue weighted by atomic mass is 10.1. The number of carbonyl (C=O) groups is 1. The molecule has 18 heavy (non-hydrogen) atoms. The van der Waals surface area contributed by atoms with E-state index in [1.54, 1.807) is 0 Å². The molecule has 1 rings (SSSR count). The molecule has 9 heteroatoms. The van der Waals surface area contributed by atoms with E-state index in [-0.39, 0.29) is 6.07 Å². The Morgan fingerprint density at radius 2 is 1.94 bits per heavy atom. The van der Waals surface area contributed by atoms with Crippen molar-refractivity contribution in [2.75, 3.05) is 7.11 Å². The first-order valence-electron chi connectivity index (χ1n) is 4.32. The highest BCUT2D eigenvalue weighted by atomic mass is 19.4. The van der Waals surface area contributed by atoms with Gasteiger partial charge in [-0.1, -0.05) is 0 Å². The number of carbonyl (C=O) groups excluding carboxylic acids is 1. The Morgan fingerprint density at radius 3 is 2.33 bits per heavy atom. The maximum atomic E-state index is 13.2. The van der Waals surface area contributed by atoms with Gasteiger partial charge in [0, 0.05) is 0 Å². The first-order chi connectivity index (χ1) is 8.18. The maximum absolute atomic E-state index is 13.2. The van der Waals surface area contributed by atoms with Crippen molar-refractivity contribution in [1.82, 2.24) is 4.98 Å². The van der Waals surface area contributed by atoms with Gasteiger partial charge in [-0.2, -0.15) is 17.6 Å². The Balaban J connectivity index is 3.55. The number of pyridine rings is 1. The van der Waals surface area contributed by atoms with Crippen LogP contribution in [0.3, 0.4) is 0 Å². The SMILES string of the molecule is COC(=O)c1c(C(F)(F)F)cc(C(F)F)nc1F. The summed E-state index contributed by atoms with van der Waals surface area (Å²) in [6, 6.07) is -0.0833. The van der Waals surface area contributed by atoms with Crippen molar-refractivity contribution in [3.8, 4) is 0 Å². The number of esters is 1. The smallest absolute Gasteiger partial charge is 0.417 e. The summed E-state index contributed by atoms with van der Waals surface area (Å²) in [7, 11) is 0.725. The largest absolute Gasteiger partial charge is 0.465 e. The van der Waals surface area contributed by atoms with Gasteiger partial charge in [-0.15, -0.1) is 0 Å². The van der Waals surface area contributed by atoms with Crippen LogP contribution in [0.15, 0.2) is 6.07 Å². The molecule has 0 amide bonds. The van der Waals surface area contributed by atoms with Crippen LogP contribution in [-0.4, -0.2) is 18.1 Å². The maximum Gasteiger partial charge on any atom is 0.417 e. The van der Waals surface area contributed by atoms with Gasteiger partial charge in [-0.3, -0.25) is 0 Å². The minimum absolute atomic E-state index is 0.0833. The molecule has 0 fully saturated rings. The Kier molecular flexibility index (Phi) is 3.82. The number of aromatic nitrogens is 1. The number of methoxy groups -OCH3 is 1. The van der Waals surface area contributed by atoms with Gasteiger partial charge < -0.3 is 4.74 Å². The third kappa shape index (κ3) is 2.71. The number of ether oxygens (including phenoxy) is 1. The summed E-state index contributed by atoms with van der Waals surface area (Å²) in [6.07, 6.45) is -8.58. The monoisotopic (exact) mass is 273 g/mol. The van der Waals surface area contributed by atoms with Gasteiger partial charge in [0.15, 0.2) is 0 Å². The van der Waals surface area contributed by atoms with Gasteiger partial charge in [0.05, 0.1) is 12.7 Å². The van der Waals surface area contributed by atoms with E-state index in [9.17, 15) is 31.1 Å². The van der Waals surface area contributed by atoms with Gasteiger partial charge in [-0.05, 0) is 6.07 Å². The van der Waals surface area contributed by atoms with Crippen molar-refractivity contribution in [3.63, 3.8) is 0 Å². The van der Waals surface area contributed by atoms with Gasteiger partial charge in [0.2, 0.25) is 5.95 Å². The molecule has 0 unspecified atom stereocenters. The van der Waals surface area contributed by atoms with Gasteiger partial charge >= 0.3 is 12.1 Å². The first-order valence-corrected chi connectivity index (χ1v) is 4.32. The van der Waals surface area contributed by atoms with Crippen molar-refractivity contribution in [2.45, 2.75) is 12.6 Å². The first kappa shape index (κ1) is 14.3. The molecule has 0 saturated heterocycles. The van der Waals surface area contributed by atoms with Gasteiger partial charge in [0.1, 0.15) is 11.3 Å². The highest BCUT2D eigenvalue weighted by Crippen LogP contribution is 2.35. The molecule has 1 aromatic rings. The molecule has 0 bridgehead atoms. The Hall–Kier alpha value is -1.80. The molecule has 0 aliphatic carbocycles. The number of alkyl halides is 5. The van der Waals surface area contributed by atoms with Crippen molar-refractivity contribution >= 4 is 5.97 Å². The van der Waals surface area contributed by atoms with Crippen LogP contribution in [0.1, 0.15) is 28.0 Å². The number of halogens is 6. The van der Waals surface area contributed by atoms with E-state index in [1.807, 2.05) is 0 Å². The average Bonchev–Trinajstić information content (AvgIpc) is 2.25. The lowest BCUT2D eigenvalue weighted by Crippen LogP contribution is -2.18. The fourth-order valence-corrected chi connectivity index (χ4v) is 1.16. The van der Waals surface area contributed by atoms with E-state index >= 15 is 0 Å². The van der Waals surface area contributed by atoms with Crippen LogP contribution in [0.2, 0.25) is 0 Å². The fraction of sp³-hybridized carbons (Fsp3) is 0.333. The lowest BCUT2D eigenvalue weighted by molar-refractivity contribution is -0.138. The standard InChI is InChI=1S/C9H5F6NO2/c1-18-8(17)5-3(9(13,14)15)2-4(6(10)11)16-7(5)12/h2,6H,1H3. The zero-order chi connectivity index (χ0) is 14.1. The molecule has 0 atom stereocenters. The zero-order valence-electron chi connectivity index (χ0n) is 8.69. The minimum atomic E-state index is -5.18. The van der Waals surface area contributed by atoms with Crippen molar-refractivity contribution in [3.05, 3.63) is 28.8 Å². The summed E-state index contributed by atoms with van der Waals surface area (Å²) in [5, 5.41) is 0. The number of nitrogens with zero attached hydrogens (tertiary/aromatic N) is 1. The van der Waals surface area contributed by atoms with Crippen LogP contribution in [0.5, 0.6) is 0 Å². The summed E-state index contributed by atoms with van der Waals surface area (Å²) in [6.45, 7) is 0. The molecule has 100 valence electrons. The normalized spacial score (nSPS) is 11.8. The van der Waals surface area contributed by atoms with Crippen LogP contribution < -0.4 is 0 Å². The van der Waals surface area contributed by atoms with E-state index in [2.05, 4.69) is 9.72 Å². The molecule has 0 spiro atoms. The molecule has 1 aromatic heterocycles.